The minimum absolute atomic E-state index is 0.0812. The molecular formula is C13H16ClNO3S. The lowest BCUT2D eigenvalue weighted by molar-refractivity contribution is -0.118. The second kappa shape index (κ2) is 5.13. The van der Waals surface area contributed by atoms with Crippen molar-refractivity contribution in [2.45, 2.75) is 18.2 Å². The fourth-order valence-electron chi connectivity index (χ4n) is 2.23. The van der Waals surface area contributed by atoms with Gasteiger partial charge in [-0.15, -0.1) is 11.6 Å². The molecule has 0 fully saturated rings. The first-order valence-corrected chi connectivity index (χ1v) is 8.49. The molecule has 0 saturated carbocycles. The van der Waals surface area contributed by atoms with Crippen LogP contribution in [0.1, 0.15) is 22.9 Å². The van der Waals surface area contributed by atoms with Gasteiger partial charge in [0, 0.05) is 25.4 Å². The van der Waals surface area contributed by atoms with Crippen LogP contribution < -0.4 is 4.90 Å². The van der Waals surface area contributed by atoms with Crippen molar-refractivity contribution in [1.29, 1.82) is 0 Å². The number of hydrogen-bond acceptors (Lipinski definition) is 3. The molecule has 0 bridgehead atoms. The molecule has 1 aromatic rings. The Balaban J connectivity index is 2.29. The highest BCUT2D eigenvalue weighted by molar-refractivity contribution is 7.90. The number of halogens is 1. The van der Waals surface area contributed by atoms with Crippen LogP contribution in [0, 0.1) is 0 Å². The lowest BCUT2D eigenvalue weighted by atomic mass is 9.98. The third-order valence-corrected chi connectivity index (χ3v) is 4.79. The maximum atomic E-state index is 11.6. The molecule has 19 heavy (non-hydrogen) atoms. The van der Waals surface area contributed by atoms with Crippen molar-refractivity contribution in [1.82, 2.24) is 0 Å². The summed E-state index contributed by atoms with van der Waals surface area (Å²) in [4.78, 5) is 13.2. The topological polar surface area (TPSA) is 54.5 Å². The van der Waals surface area contributed by atoms with Crippen molar-refractivity contribution >= 4 is 33.0 Å². The predicted octanol–water partition coefficient (Wildman–Crippen LogP) is 1.92. The summed E-state index contributed by atoms with van der Waals surface area (Å²) in [6.45, 7) is 0. The van der Waals surface area contributed by atoms with Crippen LogP contribution in [0.4, 0.5) is 5.69 Å². The Hall–Kier alpha value is -1.07. The van der Waals surface area contributed by atoms with Crippen molar-refractivity contribution in [3.05, 3.63) is 29.3 Å². The zero-order chi connectivity index (χ0) is 14.2. The van der Waals surface area contributed by atoms with Crippen LogP contribution in [0.5, 0.6) is 0 Å². The molecule has 1 heterocycles. The molecule has 0 saturated heterocycles. The molecule has 6 heteroatoms. The Morgan fingerprint density at radius 2 is 2.05 bits per heavy atom. The molecule has 2 rings (SSSR count). The van der Waals surface area contributed by atoms with Gasteiger partial charge in [0.05, 0.1) is 11.1 Å². The zero-order valence-corrected chi connectivity index (χ0v) is 12.5. The zero-order valence-electron chi connectivity index (χ0n) is 10.9. The molecule has 1 amide bonds. The summed E-state index contributed by atoms with van der Waals surface area (Å²) < 4.78 is 22.5. The van der Waals surface area contributed by atoms with E-state index < -0.39 is 15.2 Å². The first kappa shape index (κ1) is 14.3. The summed E-state index contributed by atoms with van der Waals surface area (Å²) in [5.41, 5.74) is 2.70. The number of fused-ring (bicyclic) bond motifs is 1. The Kier molecular flexibility index (Phi) is 3.87. The van der Waals surface area contributed by atoms with E-state index in [1.54, 1.807) is 18.0 Å². The highest BCUT2D eigenvalue weighted by Gasteiger charge is 2.22. The Bertz CT molecular complexity index is 612. The predicted molar refractivity (Wildman–Crippen MR) is 76.5 cm³/mol. The number of anilines is 1. The van der Waals surface area contributed by atoms with E-state index in [1.807, 2.05) is 12.1 Å². The van der Waals surface area contributed by atoms with Gasteiger partial charge in [-0.25, -0.2) is 8.42 Å². The van der Waals surface area contributed by atoms with E-state index in [9.17, 15) is 13.2 Å². The van der Waals surface area contributed by atoms with Gasteiger partial charge in [-0.05, 0) is 23.6 Å². The number of benzene rings is 1. The molecule has 1 unspecified atom stereocenters. The molecule has 4 nitrogen and oxygen atoms in total. The van der Waals surface area contributed by atoms with Crippen molar-refractivity contribution in [2.75, 3.05) is 24.0 Å². The summed E-state index contributed by atoms with van der Waals surface area (Å²) >= 11 is 6.14. The number of alkyl halides is 1. The maximum absolute atomic E-state index is 11.6. The summed E-state index contributed by atoms with van der Waals surface area (Å²) in [7, 11) is -1.36. The highest BCUT2D eigenvalue weighted by Crippen LogP contribution is 2.31. The minimum Gasteiger partial charge on any atom is -0.315 e. The van der Waals surface area contributed by atoms with Gasteiger partial charge >= 0.3 is 0 Å². The molecule has 0 spiro atoms. The molecule has 104 valence electrons. The molecule has 1 atom stereocenters. The third kappa shape index (κ3) is 3.28. The molecule has 1 aliphatic heterocycles. The number of nitrogens with zero attached hydrogens (tertiary/aromatic N) is 1. The highest BCUT2D eigenvalue weighted by atomic mass is 35.5. The van der Waals surface area contributed by atoms with E-state index >= 15 is 0 Å². The van der Waals surface area contributed by atoms with Gasteiger partial charge in [0.25, 0.3) is 0 Å². The average Bonchev–Trinajstić information content (AvgIpc) is 2.31. The fourth-order valence-corrected chi connectivity index (χ4v) is 3.78. The number of carbonyl (C=O) groups is 1. The maximum Gasteiger partial charge on any atom is 0.227 e. The minimum atomic E-state index is -3.11. The van der Waals surface area contributed by atoms with Crippen molar-refractivity contribution in [2.24, 2.45) is 0 Å². The first-order chi connectivity index (χ1) is 8.78. The van der Waals surface area contributed by atoms with Crippen LogP contribution in [-0.2, 0) is 21.1 Å². The second-order valence-electron chi connectivity index (χ2n) is 4.90. The van der Waals surface area contributed by atoms with Gasteiger partial charge in [0.2, 0.25) is 5.91 Å². The first-order valence-electron chi connectivity index (χ1n) is 5.99. The van der Waals surface area contributed by atoms with Gasteiger partial charge in [-0.2, -0.15) is 0 Å². The van der Waals surface area contributed by atoms with Gasteiger partial charge in [0.1, 0.15) is 9.84 Å². The van der Waals surface area contributed by atoms with Gasteiger partial charge in [-0.1, -0.05) is 12.1 Å². The number of sulfone groups is 1. The van der Waals surface area contributed by atoms with E-state index in [4.69, 9.17) is 11.6 Å². The number of rotatable bonds is 3. The van der Waals surface area contributed by atoms with Crippen LogP contribution >= 0.6 is 11.6 Å². The lowest BCUT2D eigenvalue weighted by Gasteiger charge is -2.26. The lowest BCUT2D eigenvalue weighted by Crippen LogP contribution is -2.31. The normalized spacial score (nSPS) is 17.2. The summed E-state index contributed by atoms with van der Waals surface area (Å²) in [6, 6.07) is 5.53. The van der Waals surface area contributed by atoms with Crippen LogP contribution in [0.3, 0.4) is 0 Å². The van der Waals surface area contributed by atoms with Crippen LogP contribution in [0.25, 0.3) is 0 Å². The summed E-state index contributed by atoms with van der Waals surface area (Å²) in [5, 5.41) is -0.553. The Labute approximate surface area is 118 Å². The van der Waals surface area contributed by atoms with Gasteiger partial charge in [0.15, 0.2) is 0 Å². The third-order valence-electron chi connectivity index (χ3n) is 3.26. The van der Waals surface area contributed by atoms with Crippen LogP contribution in [0.2, 0.25) is 0 Å². The van der Waals surface area contributed by atoms with Crippen LogP contribution in [-0.4, -0.2) is 33.4 Å². The molecule has 0 aliphatic carbocycles. The number of hydrogen-bond donors (Lipinski definition) is 0. The standard InChI is InChI=1S/C13H16ClNO3S/c1-15-12-5-3-9(11(14)8-19(2,17)18)7-10(12)4-6-13(15)16/h3,5,7,11H,4,6,8H2,1-2H3. The molecule has 1 aromatic carbocycles. The summed E-state index contributed by atoms with van der Waals surface area (Å²) in [6.07, 6.45) is 2.33. The number of carbonyl (C=O) groups excluding carboxylic acids is 1. The SMILES string of the molecule is CN1C(=O)CCc2cc(C(Cl)CS(C)(=O)=O)ccc21. The fraction of sp³-hybridized carbons (Fsp3) is 0.462. The smallest absolute Gasteiger partial charge is 0.227 e. The van der Waals surface area contributed by atoms with Gasteiger partial charge in [-0.3, -0.25) is 4.79 Å². The number of amides is 1. The Morgan fingerprint density at radius 1 is 1.37 bits per heavy atom. The van der Waals surface area contributed by atoms with E-state index in [1.165, 1.54) is 6.26 Å². The average molecular weight is 302 g/mol. The van der Waals surface area contributed by atoms with E-state index in [0.29, 0.717) is 12.8 Å². The van der Waals surface area contributed by atoms with E-state index in [-0.39, 0.29) is 11.7 Å². The molecule has 0 aromatic heterocycles. The molecule has 0 N–H and O–H groups in total. The van der Waals surface area contributed by atoms with Crippen LogP contribution in [0.15, 0.2) is 18.2 Å². The van der Waals surface area contributed by atoms with Crippen molar-refractivity contribution in [3.63, 3.8) is 0 Å². The van der Waals surface area contributed by atoms with Crippen molar-refractivity contribution < 1.29 is 13.2 Å². The monoisotopic (exact) mass is 301 g/mol. The number of aryl methyl sites for hydroxylation is 1. The quantitative estimate of drug-likeness (QED) is 0.802. The molecule has 0 radical (unpaired) electrons. The molecular weight excluding hydrogens is 286 g/mol. The largest absolute Gasteiger partial charge is 0.315 e. The van der Waals surface area contributed by atoms with Gasteiger partial charge < -0.3 is 4.90 Å². The van der Waals surface area contributed by atoms with E-state index in [0.717, 1.165) is 16.8 Å². The molecule has 1 aliphatic rings. The second-order valence-corrected chi connectivity index (χ2v) is 7.61. The Morgan fingerprint density at radius 3 is 2.68 bits per heavy atom. The summed E-state index contributed by atoms with van der Waals surface area (Å²) in [5.74, 6) is 0.0149. The van der Waals surface area contributed by atoms with Crippen molar-refractivity contribution in [3.8, 4) is 0 Å². The van der Waals surface area contributed by atoms with E-state index in [2.05, 4.69) is 0 Å².